The van der Waals surface area contributed by atoms with Gasteiger partial charge in [0.05, 0.1) is 39.3 Å². The number of hydrogen-bond acceptors (Lipinski definition) is 6. The van der Waals surface area contributed by atoms with E-state index < -0.39 is 6.10 Å². The Hall–Kier alpha value is -1.94. The predicted molar refractivity (Wildman–Crippen MR) is 129 cm³/mol. The maximum Gasteiger partial charge on any atom is 0.217 e. The number of aliphatic hydroxyl groups excluding tert-OH is 1. The van der Waals surface area contributed by atoms with Crippen LogP contribution in [-0.2, 0) is 11.3 Å². The summed E-state index contributed by atoms with van der Waals surface area (Å²) in [7, 11) is 0. The number of thiocarbonyl (C=S) groups is 2. The molecule has 0 aliphatic carbocycles. The highest BCUT2D eigenvalue weighted by atomic mass is 32.1. The molecule has 9 heteroatoms. The predicted octanol–water partition coefficient (Wildman–Crippen LogP) is 2.82. The quantitative estimate of drug-likeness (QED) is 0.570. The molecule has 1 fully saturated rings. The summed E-state index contributed by atoms with van der Waals surface area (Å²) in [5, 5.41) is 16.3. The second-order valence-electron chi connectivity index (χ2n) is 7.50. The number of benzene rings is 1. The van der Waals surface area contributed by atoms with Crippen molar-refractivity contribution >= 4 is 51.7 Å². The van der Waals surface area contributed by atoms with Gasteiger partial charge in [0.25, 0.3) is 0 Å². The number of rotatable bonds is 6. The lowest BCUT2D eigenvalue weighted by Gasteiger charge is -2.30. The Kier molecular flexibility index (Phi) is 7.51. The molecule has 1 aliphatic rings. The Bertz CT molecular complexity index is 929. The zero-order valence-electron chi connectivity index (χ0n) is 17.2. The summed E-state index contributed by atoms with van der Waals surface area (Å²) in [4.78, 5) is 20.0. The molecule has 2 heterocycles. The SMILES string of the molecule is CC(=O)N[C@@H](C)C(=S)N1C[C@H](O)C[C@H]1C(=S)NCc1ccc(-c2scnc2C)cc1. The van der Waals surface area contributed by atoms with E-state index in [1.807, 2.05) is 24.3 Å². The van der Waals surface area contributed by atoms with Crippen LogP contribution in [0.3, 0.4) is 0 Å². The minimum absolute atomic E-state index is 0.140. The molecule has 3 rings (SSSR count). The molecule has 1 aromatic carbocycles. The number of carbonyl (C=O) groups excluding carboxylic acids is 1. The number of carbonyl (C=O) groups is 1. The van der Waals surface area contributed by atoms with Crippen LogP contribution >= 0.6 is 35.8 Å². The second-order valence-corrected chi connectivity index (χ2v) is 9.21. The van der Waals surface area contributed by atoms with Crippen molar-refractivity contribution in [2.75, 3.05) is 6.54 Å². The third-order valence-corrected chi connectivity index (χ3v) is 7.07. The van der Waals surface area contributed by atoms with E-state index in [-0.39, 0.29) is 18.0 Å². The number of likely N-dealkylation sites (tertiary alicyclic amines) is 1. The highest BCUT2D eigenvalue weighted by Crippen LogP contribution is 2.27. The fraction of sp³-hybridized carbons (Fsp3) is 0.429. The number of nitrogens with zero attached hydrogens (tertiary/aromatic N) is 2. The fourth-order valence-electron chi connectivity index (χ4n) is 3.58. The lowest BCUT2D eigenvalue weighted by atomic mass is 10.1. The van der Waals surface area contributed by atoms with Crippen molar-refractivity contribution in [2.24, 2.45) is 0 Å². The number of amides is 1. The normalized spacial score (nSPS) is 19.4. The van der Waals surface area contributed by atoms with Crippen molar-refractivity contribution in [1.82, 2.24) is 20.5 Å². The van der Waals surface area contributed by atoms with Crippen molar-refractivity contribution in [3.63, 3.8) is 0 Å². The van der Waals surface area contributed by atoms with E-state index in [2.05, 4.69) is 39.9 Å². The van der Waals surface area contributed by atoms with E-state index in [0.717, 1.165) is 16.8 Å². The third-order valence-electron chi connectivity index (χ3n) is 5.08. The molecule has 1 amide bonds. The van der Waals surface area contributed by atoms with Gasteiger partial charge in [-0.05, 0) is 25.0 Å². The first-order chi connectivity index (χ1) is 14.3. The fourth-order valence-corrected chi connectivity index (χ4v) is 4.95. The lowest BCUT2D eigenvalue weighted by Crippen LogP contribution is -2.51. The Labute approximate surface area is 191 Å². The molecule has 160 valence electrons. The molecule has 0 saturated carbocycles. The van der Waals surface area contributed by atoms with E-state index in [0.29, 0.717) is 29.5 Å². The number of aromatic nitrogens is 1. The minimum atomic E-state index is -0.501. The summed E-state index contributed by atoms with van der Waals surface area (Å²) in [6.07, 6.45) is 0.0154. The number of aliphatic hydroxyl groups is 1. The largest absolute Gasteiger partial charge is 0.391 e. The maximum atomic E-state index is 11.4. The Morgan fingerprint density at radius 2 is 2.07 bits per heavy atom. The molecule has 0 radical (unpaired) electrons. The van der Waals surface area contributed by atoms with E-state index in [4.69, 9.17) is 24.4 Å². The first kappa shape index (κ1) is 22.7. The van der Waals surface area contributed by atoms with Crippen LogP contribution in [0.4, 0.5) is 0 Å². The van der Waals surface area contributed by atoms with Gasteiger partial charge < -0.3 is 20.6 Å². The third kappa shape index (κ3) is 5.40. The zero-order chi connectivity index (χ0) is 21.8. The van der Waals surface area contributed by atoms with Crippen LogP contribution in [0, 0.1) is 6.92 Å². The number of aryl methyl sites for hydroxylation is 1. The topological polar surface area (TPSA) is 77.5 Å². The van der Waals surface area contributed by atoms with Crippen molar-refractivity contribution < 1.29 is 9.90 Å². The van der Waals surface area contributed by atoms with Gasteiger partial charge in [-0.2, -0.15) is 0 Å². The van der Waals surface area contributed by atoms with Gasteiger partial charge in [-0.1, -0.05) is 48.7 Å². The highest BCUT2D eigenvalue weighted by molar-refractivity contribution is 7.80. The Morgan fingerprint density at radius 1 is 1.37 bits per heavy atom. The smallest absolute Gasteiger partial charge is 0.217 e. The summed E-state index contributed by atoms with van der Waals surface area (Å²) >= 11 is 12.8. The van der Waals surface area contributed by atoms with E-state index >= 15 is 0 Å². The maximum absolute atomic E-state index is 11.4. The van der Waals surface area contributed by atoms with Gasteiger partial charge in [0.1, 0.15) is 4.99 Å². The second kappa shape index (κ2) is 9.91. The Balaban J connectivity index is 1.61. The highest BCUT2D eigenvalue weighted by Gasteiger charge is 2.36. The van der Waals surface area contributed by atoms with Crippen LogP contribution in [-0.4, -0.2) is 55.6 Å². The molecule has 3 atom stereocenters. The summed E-state index contributed by atoms with van der Waals surface area (Å²) in [5.41, 5.74) is 5.17. The van der Waals surface area contributed by atoms with E-state index in [1.54, 1.807) is 11.3 Å². The lowest BCUT2D eigenvalue weighted by molar-refractivity contribution is -0.119. The molecule has 2 aromatic rings. The average Bonchev–Trinajstić information content (AvgIpc) is 3.31. The van der Waals surface area contributed by atoms with Crippen LogP contribution < -0.4 is 10.6 Å². The van der Waals surface area contributed by atoms with Gasteiger partial charge in [-0.25, -0.2) is 4.98 Å². The van der Waals surface area contributed by atoms with Crippen molar-refractivity contribution in [3.05, 3.63) is 41.0 Å². The van der Waals surface area contributed by atoms with Crippen LogP contribution in [0.25, 0.3) is 10.4 Å². The van der Waals surface area contributed by atoms with E-state index in [1.165, 1.54) is 11.8 Å². The number of β-amino-alcohol motifs (C(OH)–C–C–N with tert-alkyl or cyclic N) is 1. The molecule has 3 N–H and O–H groups in total. The molecule has 0 spiro atoms. The summed E-state index contributed by atoms with van der Waals surface area (Å²) in [6, 6.07) is 7.87. The summed E-state index contributed by atoms with van der Waals surface area (Å²) < 4.78 is 0. The number of hydrogen-bond donors (Lipinski definition) is 3. The van der Waals surface area contributed by atoms with Crippen LogP contribution in [0.2, 0.25) is 0 Å². The first-order valence-electron chi connectivity index (χ1n) is 9.79. The molecule has 0 bridgehead atoms. The van der Waals surface area contributed by atoms with Gasteiger partial charge in [0.15, 0.2) is 0 Å². The van der Waals surface area contributed by atoms with Gasteiger partial charge in [-0.15, -0.1) is 11.3 Å². The number of thiazole rings is 1. The molecule has 1 saturated heterocycles. The summed E-state index contributed by atoms with van der Waals surface area (Å²) in [5.74, 6) is -0.140. The summed E-state index contributed by atoms with van der Waals surface area (Å²) in [6.45, 7) is 6.32. The van der Waals surface area contributed by atoms with E-state index in [9.17, 15) is 9.90 Å². The van der Waals surface area contributed by atoms with Crippen molar-refractivity contribution in [1.29, 1.82) is 0 Å². The van der Waals surface area contributed by atoms with Crippen LogP contribution in [0.1, 0.15) is 31.5 Å². The standard InChI is InChI=1S/C21H26N4O2S3/c1-12-19(30-11-23-12)16-6-4-15(5-7-16)9-22-20(28)18-8-17(27)10-25(18)21(29)13(2)24-14(3)26/h4-7,11,13,17-18,27H,8-10H2,1-3H3,(H,22,28)(H,24,26)/t13-,17+,18-/m0/s1. The zero-order valence-corrected chi connectivity index (χ0v) is 19.7. The van der Waals surface area contributed by atoms with Gasteiger partial charge in [0, 0.05) is 26.4 Å². The monoisotopic (exact) mass is 462 g/mol. The molecule has 6 nitrogen and oxygen atoms in total. The first-order valence-corrected chi connectivity index (χ1v) is 11.5. The van der Waals surface area contributed by atoms with Crippen molar-refractivity contribution in [2.45, 2.75) is 51.9 Å². The molecule has 0 unspecified atom stereocenters. The van der Waals surface area contributed by atoms with Gasteiger partial charge in [0.2, 0.25) is 5.91 Å². The number of nitrogens with one attached hydrogen (secondary N) is 2. The molecular weight excluding hydrogens is 436 g/mol. The van der Waals surface area contributed by atoms with Gasteiger partial charge >= 0.3 is 0 Å². The van der Waals surface area contributed by atoms with Gasteiger partial charge in [-0.3, -0.25) is 4.79 Å². The molecule has 1 aliphatic heterocycles. The minimum Gasteiger partial charge on any atom is -0.391 e. The molecule has 30 heavy (non-hydrogen) atoms. The van der Waals surface area contributed by atoms with Crippen LogP contribution in [0.15, 0.2) is 29.8 Å². The average molecular weight is 463 g/mol. The Morgan fingerprint density at radius 3 is 2.67 bits per heavy atom. The molecule has 1 aromatic heterocycles. The van der Waals surface area contributed by atoms with Crippen molar-refractivity contribution in [3.8, 4) is 10.4 Å². The van der Waals surface area contributed by atoms with Crippen LogP contribution in [0.5, 0.6) is 0 Å². The molecular formula is C21H26N4O2S3.